The van der Waals surface area contributed by atoms with E-state index in [0.717, 1.165) is 25.8 Å². The van der Waals surface area contributed by atoms with Gasteiger partial charge in [0, 0.05) is 6.04 Å². The number of nitrogens with zero attached hydrogens (tertiary/aromatic N) is 1. The molecule has 2 heterocycles. The molecular weight excluding hydrogens is 270 g/mol. The van der Waals surface area contributed by atoms with Gasteiger partial charge in [-0.3, -0.25) is 9.69 Å². The highest BCUT2D eigenvalue weighted by Crippen LogP contribution is 2.29. The Balaban J connectivity index is 1.91. The van der Waals surface area contributed by atoms with E-state index in [1.54, 1.807) is 18.4 Å². The highest BCUT2D eigenvalue weighted by molar-refractivity contribution is 5.75. The third-order valence-electron chi connectivity index (χ3n) is 4.08. The van der Waals surface area contributed by atoms with Gasteiger partial charge in [0.2, 0.25) is 0 Å². The fraction of sp³-hybridized carbons (Fsp3) is 0.688. The lowest BCUT2D eigenvalue weighted by Crippen LogP contribution is -2.43. The Morgan fingerprint density at radius 3 is 3.10 bits per heavy atom. The Bertz CT molecular complexity index is 431. The first-order valence-electron chi connectivity index (χ1n) is 7.77. The molecule has 0 saturated carbocycles. The number of hydrogen-bond donors (Lipinski definition) is 1. The summed E-state index contributed by atoms with van der Waals surface area (Å²) in [5.74, 6) is 0.416. The first-order valence-corrected chi connectivity index (χ1v) is 7.77. The van der Waals surface area contributed by atoms with Crippen LogP contribution >= 0.6 is 0 Å². The smallest absolute Gasteiger partial charge is 0.323 e. The lowest BCUT2D eigenvalue weighted by molar-refractivity contribution is -0.150. The van der Waals surface area contributed by atoms with Crippen LogP contribution in [0.3, 0.4) is 0 Å². The zero-order valence-electron chi connectivity index (χ0n) is 12.8. The highest BCUT2D eigenvalue weighted by Gasteiger charge is 2.34. The van der Waals surface area contributed by atoms with Gasteiger partial charge in [-0.1, -0.05) is 6.92 Å². The Kier molecular flexibility index (Phi) is 5.82. The van der Waals surface area contributed by atoms with Crippen LogP contribution in [0.5, 0.6) is 0 Å². The summed E-state index contributed by atoms with van der Waals surface area (Å²) in [6.07, 6.45) is 4.39. The summed E-state index contributed by atoms with van der Waals surface area (Å²) in [6.45, 7) is 5.21. The number of rotatable bonds is 7. The van der Waals surface area contributed by atoms with Crippen LogP contribution in [0.4, 0.5) is 0 Å². The third-order valence-corrected chi connectivity index (χ3v) is 4.08. The summed E-state index contributed by atoms with van der Waals surface area (Å²) in [6, 6.07) is 3.49. The number of likely N-dealkylation sites (tertiary alicyclic amines) is 1. The molecule has 1 aliphatic rings. The predicted molar refractivity (Wildman–Crippen MR) is 78.7 cm³/mol. The molecule has 0 aromatic carbocycles. The molecule has 1 saturated heterocycles. The van der Waals surface area contributed by atoms with Crippen LogP contribution in [0.25, 0.3) is 0 Å². The molecule has 5 nitrogen and oxygen atoms in total. The molecule has 5 heteroatoms. The Morgan fingerprint density at radius 1 is 1.62 bits per heavy atom. The number of hydrogen-bond acceptors (Lipinski definition) is 5. The molecule has 1 aliphatic heterocycles. The molecule has 1 aromatic heterocycles. The van der Waals surface area contributed by atoms with E-state index in [4.69, 9.17) is 9.15 Å². The van der Waals surface area contributed by atoms with E-state index in [2.05, 4.69) is 4.90 Å². The summed E-state index contributed by atoms with van der Waals surface area (Å²) in [5, 5.41) is 10.2. The van der Waals surface area contributed by atoms with Crippen LogP contribution < -0.4 is 0 Å². The SMILES string of the molecule is CCCOC(=O)C(C)N1CCCC1CC(O)c1ccco1. The molecule has 0 bridgehead atoms. The molecule has 1 N–H and O–H groups in total. The van der Waals surface area contributed by atoms with E-state index in [0.29, 0.717) is 18.8 Å². The molecule has 0 amide bonds. The predicted octanol–water partition coefficient (Wildman–Crippen LogP) is 2.51. The average Bonchev–Trinajstić information content (AvgIpc) is 3.14. The van der Waals surface area contributed by atoms with Gasteiger partial charge in [-0.15, -0.1) is 0 Å². The topological polar surface area (TPSA) is 62.9 Å². The van der Waals surface area contributed by atoms with Gasteiger partial charge in [-0.2, -0.15) is 0 Å². The lowest BCUT2D eigenvalue weighted by atomic mass is 10.0. The molecule has 21 heavy (non-hydrogen) atoms. The fourth-order valence-corrected chi connectivity index (χ4v) is 2.93. The number of carbonyl (C=O) groups is 1. The second-order valence-corrected chi connectivity index (χ2v) is 5.64. The van der Waals surface area contributed by atoms with Gasteiger partial charge >= 0.3 is 5.97 Å². The molecule has 0 radical (unpaired) electrons. The van der Waals surface area contributed by atoms with E-state index in [-0.39, 0.29) is 18.1 Å². The van der Waals surface area contributed by atoms with Crippen molar-refractivity contribution in [2.24, 2.45) is 0 Å². The molecule has 0 aliphatic carbocycles. The zero-order valence-corrected chi connectivity index (χ0v) is 12.8. The Morgan fingerprint density at radius 2 is 2.43 bits per heavy atom. The maximum Gasteiger partial charge on any atom is 0.323 e. The van der Waals surface area contributed by atoms with Crippen molar-refractivity contribution in [1.29, 1.82) is 0 Å². The van der Waals surface area contributed by atoms with Gasteiger partial charge in [-0.25, -0.2) is 0 Å². The van der Waals surface area contributed by atoms with E-state index in [1.807, 2.05) is 13.8 Å². The van der Waals surface area contributed by atoms with E-state index in [1.165, 1.54) is 0 Å². The quantitative estimate of drug-likeness (QED) is 0.783. The van der Waals surface area contributed by atoms with Crippen LogP contribution in [0, 0.1) is 0 Å². The van der Waals surface area contributed by atoms with Crippen molar-refractivity contribution >= 4 is 5.97 Å². The van der Waals surface area contributed by atoms with Crippen LogP contribution in [0.1, 0.15) is 51.4 Å². The number of furan rings is 1. The summed E-state index contributed by atoms with van der Waals surface area (Å²) < 4.78 is 10.5. The second-order valence-electron chi connectivity index (χ2n) is 5.64. The maximum absolute atomic E-state index is 12.0. The first kappa shape index (κ1) is 16.0. The van der Waals surface area contributed by atoms with Crippen LogP contribution in [-0.4, -0.2) is 41.2 Å². The zero-order chi connectivity index (χ0) is 15.2. The standard InChI is InChI=1S/C16H25NO4/c1-3-9-21-16(19)12(2)17-8-4-6-13(17)11-14(18)15-7-5-10-20-15/h5,7,10,12-14,18H,3-4,6,8-9,11H2,1-2H3. The normalized spacial score (nSPS) is 22.1. The average molecular weight is 295 g/mol. The van der Waals surface area contributed by atoms with Crippen LogP contribution in [0.15, 0.2) is 22.8 Å². The van der Waals surface area contributed by atoms with E-state index >= 15 is 0 Å². The summed E-state index contributed by atoms with van der Waals surface area (Å²) in [7, 11) is 0. The summed E-state index contributed by atoms with van der Waals surface area (Å²) in [5.41, 5.74) is 0. The van der Waals surface area contributed by atoms with E-state index < -0.39 is 6.10 Å². The maximum atomic E-state index is 12.0. The Hall–Kier alpha value is -1.33. The number of ether oxygens (including phenoxy) is 1. The van der Waals surface area contributed by atoms with Crippen molar-refractivity contribution in [3.63, 3.8) is 0 Å². The fourth-order valence-electron chi connectivity index (χ4n) is 2.93. The molecule has 3 unspecified atom stereocenters. The van der Waals surface area contributed by atoms with Gasteiger partial charge < -0.3 is 14.3 Å². The van der Waals surface area contributed by atoms with Gasteiger partial charge in [0.15, 0.2) is 0 Å². The summed E-state index contributed by atoms with van der Waals surface area (Å²) in [4.78, 5) is 14.1. The van der Waals surface area contributed by atoms with Crippen LogP contribution in [0.2, 0.25) is 0 Å². The molecule has 1 fully saturated rings. The minimum Gasteiger partial charge on any atom is -0.467 e. The molecule has 118 valence electrons. The highest BCUT2D eigenvalue weighted by atomic mass is 16.5. The largest absolute Gasteiger partial charge is 0.467 e. The monoisotopic (exact) mass is 295 g/mol. The van der Waals surface area contributed by atoms with Crippen molar-refractivity contribution < 1.29 is 19.1 Å². The minimum absolute atomic E-state index is 0.170. The lowest BCUT2D eigenvalue weighted by Gasteiger charge is -2.30. The van der Waals surface area contributed by atoms with Gasteiger partial charge in [0.25, 0.3) is 0 Å². The number of carbonyl (C=O) groups excluding carboxylic acids is 1. The molecule has 2 rings (SSSR count). The third kappa shape index (κ3) is 4.08. The van der Waals surface area contributed by atoms with Crippen LogP contribution in [-0.2, 0) is 9.53 Å². The first-order chi connectivity index (χ1) is 10.1. The minimum atomic E-state index is -0.621. The number of aliphatic hydroxyl groups is 1. The van der Waals surface area contributed by atoms with Crippen molar-refractivity contribution in [2.45, 2.75) is 57.7 Å². The van der Waals surface area contributed by atoms with Crippen molar-refractivity contribution in [3.05, 3.63) is 24.2 Å². The van der Waals surface area contributed by atoms with E-state index in [9.17, 15) is 9.90 Å². The molecule has 1 aromatic rings. The summed E-state index contributed by atoms with van der Waals surface area (Å²) >= 11 is 0. The second kappa shape index (κ2) is 7.61. The van der Waals surface area contributed by atoms with Gasteiger partial charge in [-0.05, 0) is 51.3 Å². The van der Waals surface area contributed by atoms with Gasteiger partial charge in [0.1, 0.15) is 17.9 Å². The van der Waals surface area contributed by atoms with Crippen molar-refractivity contribution in [2.75, 3.05) is 13.2 Å². The number of aliphatic hydroxyl groups excluding tert-OH is 1. The molecule has 3 atom stereocenters. The Labute approximate surface area is 125 Å². The molecular formula is C16H25NO4. The van der Waals surface area contributed by atoms with Crippen molar-refractivity contribution in [3.8, 4) is 0 Å². The number of esters is 1. The van der Waals surface area contributed by atoms with Gasteiger partial charge in [0.05, 0.1) is 12.9 Å². The van der Waals surface area contributed by atoms with Crippen molar-refractivity contribution in [1.82, 2.24) is 4.90 Å². The molecule has 0 spiro atoms.